The maximum absolute atomic E-state index is 12.3. The monoisotopic (exact) mass is 453 g/mol. The number of hydrogen-bond acceptors (Lipinski definition) is 6. The fourth-order valence-electron chi connectivity index (χ4n) is 3.40. The molecule has 1 aliphatic rings. The fraction of sp³-hybridized carbons (Fsp3) is 0.450. The summed E-state index contributed by atoms with van der Waals surface area (Å²) >= 11 is 12.9. The molecule has 1 unspecified atom stereocenters. The lowest BCUT2D eigenvalue weighted by molar-refractivity contribution is 0.0984. The second-order valence-corrected chi connectivity index (χ2v) is 9.34. The van der Waals surface area contributed by atoms with E-state index in [0.29, 0.717) is 5.03 Å². The topological polar surface area (TPSA) is 78.9 Å². The molecule has 6 nitrogen and oxygen atoms in total. The van der Waals surface area contributed by atoms with E-state index in [1.54, 1.807) is 6.07 Å². The molecule has 156 valence electrons. The van der Waals surface area contributed by atoms with Crippen LogP contribution in [0.2, 0.25) is 10.3 Å². The highest BCUT2D eigenvalue weighted by atomic mass is 35.5. The van der Waals surface area contributed by atoms with E-state index in [2.05, 4.69) is 39.2 Å². The van der Waals surface area contributed by atoms with E-state index >= 15 is 0 Å². The standard InChI is InChI=1S/C20H25Cl2N5OS/c1-20(2)11-13(12-24-20)5-4-10-23-16-6-3-7-17(26-16)29-27-19(28)14-8-9-15(21)25-18(14)22/h3,6-9,13,24H,4-5,10-12H2,1-2H3,(H,23,26)(H,27,28). The SMILES string of the molecule is CC1(C)CC(CCCNc2cccc(SNC(=O)c3ccc(Cl)nc3Cl)n2)CN1. The molecule has 0 aliphatic carbocycles. The largest absolute Gasteiger partial charge is 0.370 e. The van der Waals surface area contributed by atoms with Gasteiger partial charge in [0.25, 0.3) is 5.91 Å². The molecule has 1 saturated heterocycles. The van der Waals surface area contributed by atoms with E-state index in [-0.39, 0.29) is 27.3 Å². The van der Waals surface area contributed by atoms with Crippen molar-refractivity contribution in [3.8, 4) is 0 Å². The van der Waals surface area contributed by atoms with Crippen LogP contribution in [0.3, 0.4) is 0 Å². The quantitative estimate of drug-likeness (QED) is 0.302. The molecule has 3 rings (SSSR count). The lowest BCUT2D eigenvalue weighted by atomic mass is 9.94. The van der Waals surface area contributed by atoms with Crippen LogP contribution in [0, 0.1) is 5.92 Å². The number of amides is 1. The Bertz CT molecular complexity index is 865. The molecule has 3 heterocycles. The summed E-state index contributed by atoms with van der Waals surface area (Å²) in [4.78, 5) is 20.7. The predicted molar refractivity (Wildman–Crippen MR) is 120 cm³/mol. The van der Waals surface area contributed by atoms with E-state index in [0.717, 1.165) is 43.2 Å². The van der Waals surface area contributed by atoms with Gasteiger partial charge in [0.05, 0.1) is 5.56 Å². The summed E-state index contributed by atoms with van der Waals surface area (Å²) in [6.45, 7) is 6.49. The number of anilines is 1. The maximum Gasteiger partial charge on any atom is 0.264 e. The normalized spacial score (nSPS) is 17.9. The van der Waals surface area contributed by atoms with Crippen molar-refractivity contribution in [2.45, 2.75) is 43.7 Å². The van der Waals surface area contributed by atoms with Crippen LogP contribution in [-0.2, 0) is 0 Å². The van der Waals surface area contributed by atoms with Crippen LogP contribution in [0.4, 0.5) is 5.82 Å². The Morgan fingerprint density at radius 1 is 1.28 bits per heavy atom. The maximum atomic E-state index is 12.3. The van der Waals surface area contributed by atoms with Gasteiger partial charge < -0.3 is 10.6 Å². The minimum atomic E-state index is -0.350. The third-order valence-electron chi connectivity index (χ3n) is 4.79. The van der Waals surface area contributed by atoms with Gasteiger partial charge in [-0.1, -0.05) is 29.3 Å². The van der Waals surface area contributed by atoms with Crippen molar-refractivity contribution in [3.63, 3.8) is 0 Å². The lowest BCUT2D eigenvalue weighted by Gasteiger charge is -2.17. The van der Waals surface area contributed by atoms with Gasteiger partial charge in [0, 0.05) is 24.0 Å². The summed E-state index contributed by atoms with van der Waals surface area (Å²) in [6.07, 6.45) is 3.52. The number of hydrogen-bond donors (Lipinski definition) is 3. The lowest BCUT2D eigenvalue weighted by Crippen LogP contribution is -2.31. The Kier molecular flexibility index (Phi) is 7.62. The highest BCUT2D eigenvalue weighted by molar-refractivity contribution is 7.97. The molecule has 0 bridgehead atoms. The van der Waals surface area contributed by atoms with Gasteiger partial charge >= 0.3 is 0 Å². The number of carbonyl (C=O) groups is 1. The molecule has 2 aromatic heterocycles. The van der Waals surface area contributed by atoms with Crippen molar-refractivity contribution in [1.82, 2.24) is 20.0 Å². The molecule has 1 amide bonds. The summed E-state index contributed by atoms with van der Waals surface area (Å²) in [5.74, 6) is 1.18. The van der Waals surface area contributed by atoms with Crippen LogP contribution < -0.4 is 15.4 Å². The van der Waals surface area contributed by atoms with Crippen molar-refractivity contribution < 1.29 is 4.79 Å². The molecule has 29 heavy (non-hydrogen) atoms. The third-order valence-corrected chi connectivity index (χ3v) is 6.02. The van der Waals surface area contributed by atoms with Crippen LogP contribution in [0.25, 0.3) is 0 Å². The molecule has 3 N–H and O–H groups in total. The molecular weight excluding hydrogens is 429 g/mol. The molecule has 1 fully saturated rings. The van der Waals surface area contributed by atoms with Gasteiger partial charge in [-0.05, 0) is 69.8 Å². The zero-order valence-electron chi connectivity index (χ0n) is 16.5. The van der Waals surface area contributed by atoms with Gasteiger partial charge in [0.2, 0.25) is 0 Å². The summed E-state index contributed by atoms with van der Waals surface area (Å²) in [6, 6.07) is 8.73. The number of aromatic nitrogens is 2. The van der Waals surface area contributed by atoms with Crippen molar-refractivity contribution in [2.75, 3.05) is 18.4 Å². The second kappa shape index (κ2) is 9.98. The van der Waals surface area contributed by atoms with Gasteiger partial charge in [-0.3, -0.25) is 9.52 Å². The van der Waals surface area contributed by atoms with Gasteiger partial charge in [-0.15, -0.1) is 0 Å². The number of nitrogens with one attached hydrogen (secondary N) is 3. The first-order valence-electron chi connectivity index (χ1n) is 9.57. The number of carbonyl (C=O) groups excluding carboxylic acids is 1. The van der Waals surface area contributed by atoms with Gasteiger partial charge in [0.1, 0.15) is 21.2 Å². The van der Waals surface area contributed by atoms with Crippen LogP contribution in [-0.4, -0.2) is 34.5 Å². The van der Waals surface area contributed by atoms with E-state index in [4.69, 9.17) is 23.2 Å². The Balaban J connectivity index is 1.44. The number of rotatable bonds is 8. The summed E-state index contributed by atoms with van der Waals surface area (Å²) in [7, 11) is 0. The van der Waals surface area contributed by atoms with E-state index in [9.17, 15) is 4.79 Å². The molecule has 0 spiro atoms. The average molecular weight is 454 g/mol. The molecular formula is C20H25Cl2N5OS. The number of halogens is 2. The molecule has 2 aromatic rings. The van der Waals surface area contributed by atoms with E-state index < -0.39 is 0 Å². The number of pyridine rings is 2. The van der Waals surface area contributed by atoms with Crippen molar-refractivity contribution in [2.24, 2.45) is 5.92 Å². The first-order valence-corrected chi connectivity index (χ1v) is 11.1. The van der Waals surface area contributed by atoms with Gasteiger partial charge in [-0.2, -0.15) is 0 Å². The minimum absolute atomic E-state index is 0.0693. The molecule has 1 atom stereocenters. The Morgan fingerprint density at radius 3 is 2.83 bits per heavy atom. The van der Waals surface area contributed by atoms with Crippen molar-refractivity contribution in [1.29, 1.82) is 0 Å². The van der Waals surface area contributed by atoms with Gasteiger partial charge in [-0.25, -0.2) is 9.97 Å². The van der Waals surface area contributed by atoms with Crippen LogP contribution >= 0.6 is 35.1 Å². The summed E-state index contributed by atoms with van der Waals surface area (Å²) in [5.41, 5.74) is 0.532. The second-order valence-electron chi connectivity index (χ2n) is 7.77. The van der Waals surface area contributed by atoms with E-state index in [1.165, 1.54) is 18.9 Å². The zero-order valence-corrected chi connectivity index (χ0v) is 18.8. The Hall–Kier alpha value is -1.54. The fourth-order valence-corrected chi connectivity index (χ4v) is 4.43. The zero-order chi connectivity index (χ0) is 20.9. The molecule has 0 aromatic carbocycles. The average Bonchev–Trinajstić information content (AvgIpc) is 3.02. The molecule has 0 radical (unpaired) electrons. The molecule has 1 aliphatic heterocycles. The Labute approximate surface area is 185 Å². The van der Waals surface area contributed by atoms with E-state index in [1.807, 2.05) is 18.2 Å². The Morgan fingerprint density at radius 2 is 2.10 bits per heavy atom. The smallest absolute Gasteiger partial charge is 0.264 e. The van der Waals surface area contributed by atoms with Crippen LogP contribution in [0.5, 0.6) is 0 Å². The predicted octanol–water partition coefficient (Wildman–Crippen LogP) is 4.80. The third kappa shape index (κ3) is 6.74. The first kappa shape index (κ1) is 22.2. The van der Waals surface area contributed by atoms with Gasteiger partial charge in [0.15, 0.2) is 0 Å². The minimum Gasteiger partial charge on any atom is -0.370 e. The van der Waals surface area contributed by atoms with Crippen molar-refractivity contribution in [3.05, 3.63) is 46.2 Å². The highest BCUT2D eigenvalue weighted by Crippen LogP contribution is 2.26. The first-order chi connectivity index (χ1) is 13.8. The highest BCUT2D eigenvalue weighted by Gasteiger charge is 2.29. The summed E-state index contributed by atoms with van der Waals surface area (Å²) in [5, 5.41) is 7.92. The molecule has 9 heteroatoms. The van der Waals surface area contributed by atoms with Crippen LogP contribution in [0.15, 0.2) is 35.4 Å². The summed E-state index contributed by atoms with van der Waals surface area (Å²) < 4.78 is 2.73. The van der Waals surface area contributed by atoms with Crippen LogP contribution in [0.1, 0.15) is 43.5 Å². The molecule has 0 saturated carbocycles. The van der Waals surface area contributed by atoms with Crippen molar-refractivity contribution >= 4 is 46.9 Å². The number of nitrogens with zero attached hydrogens (tertiary/aromatic N) is 2.